The van der Waals surface area contributed by atoms with Crippen LogP contribution in [0.25, 0.3) is 0 Å². The summed E-state index contributed by atoms with van der Waals surface area (Å²) in [6, 6.07) is 1.13. The number of nitrogens with two attached hydrogens (primary N) is 2. The summed E-state index contributed by atoms with van der Waals surface area (Å²) >= 11 is 0. The maximum atomic E-state index is 5.53. The van der Waals surface area contributed by atoms with Crippen molar-refractivity contribution in [3.63, 3.8) is 0 Å². The Labute approximate surface area is 63.0 Å². The van der Waals surface area contributed by atoms with E-state index in [4.69, 9.17) is 11.5 Å². The van der Waals surface area contributed by atoms with E-state index in [0.29, 0.717) is 12.1 Å². The van der Waals surface area contributed by atoms with Gasteiger partial charge < -0.3 is 11.5 Å². The normalized spacial score (nSPS) is 25.8. The van der Waals surface area contributed by atoms with Gasteiger partial charge in [-0.05, 0) is 25.7 Å². The Morgan fingerprint density at radius 3 is 1.10 bits per heavy atom. The second-order valence-corrected chi connectivity index (χ2v) is 3.38. The van der Waals surface area contributed by atoms with E-state index in [9.17, 15) is 0 Å². The lowest BCUT2D eigenvalue weighted by molar-refractivity contribution is 0.704. The zero-order valence-electron chi connectivity index (χ0n) is 6.55. The van der Waals surface area contributed by atoms with Crippen LogP contribution < -0.4 is 11.5 Å². The minimum atomic E-state index is 0.546. The molecule has 4 N–H and O–H groups in total. The Hall–Kier alpha value is -0.0800. The van der Waals surface area contributed by atoms with E-state index >= 15 is 0 Å². The van der Waals surface area contributed by atoms with Gasteiger partial charge in [-0.15, -0.1) is 0 Å². The molecule has 2 nitrogen and oxygen atoms in total. The second-order valence-electron chi connectivity index (χ2n) is 3.38. The quantitative estimate of drug-likeness (QED) is 0.530. The van der Waals surface area contributed by atoms with E-state index in [1.54, 1.807) is 0 Å². The van der Waals surface area contributed by atoms with Crippen LogP contribution in [0.1, 0.15) is 38.5 Å². The fraction of sp³-hybridized carbons (Fsp3) is 1.00. The van der Waals surface area contributed by atoms with E-state index in [2.05, 4.69) is 0 Å². The smallest absolute Gasteiger partial charge is 0.00399 e. The number of hydrogen-bond donors (Lipinski definition) is 2. The van der Waals surface area contributed by atoms with Crippen molar-refractivity contribution < 1.29 is 0 Å². The SMILES string of the molecule is NC1CC1.NC1CCCC1. The summed E-state index contributed by atoms with van der Waals surface area (Å²) in [6.07, 6.45) is 7.78. The van der Waals surface area contributed by atoms with Crippen molar-refractivity contribution >= 4 is 0 Å². The Morgan fingerprint density at radius 2 is 1.00 bits per heavy atom. The third kappa shape index (κ3) is 3.85. The standard InChI is InChI=1S/C5H11N.C3H7N/c6-5-3-1-2-4-5;4-3-1-2-3/h5H,1-4,6H2;3H,1-2,4H2. The molecule has 2 rings (SSSR count). The molecule has 2 aliphatic carbocycles. The highest BCUT2D eigenvalue weighted by molar-refractivity contribution is 4.75. The highest BCUT2D eigenvalue weighted by atomic mass is 14.7. The lowest BCUT2D eigenvalue weighted by Crippen LogP contribution is -2.13. The first kappa shape index (κ1) is 8.02. The van der Waals surface area contributed by atoms with Crippen molar-refractivity contribution in [2.45, 2.75) is 50.6 Å². The largest absolute Gasteiger partial charge is 0.328 e. The van der Waals surface area contributed by atoms with Gasteiger partial charge in [-0.25, -0.2) is 0 Å². The van der Waals surface area contributed by atoms with Crippen molar-refractivity contribution in [2.75, 3.05) is 0 Å². The molecule has 0 bridgehead atoms. The molecule has 60 valence electrons. The molecule has 2 heteroatoms. The highest BCUT2D eigenvalue weighted by Crippen LogP contribution is 2.14. The minimum absolute atomic E-state index is 0.546. The van der Waals surface area contributed by atoms with Gasteiger partial charge >= 0.3 is 0 Å². The molecule has 0 spiro atoms. The van der Waals surface area contributed by atoms with Crippen LogP contribution in [0.4, 0.5) is 0 Å². The molecule has 0 aromatic heterocycles. The van der Waals surface area contributed by atoms with Gasteiger partial charge in [0.25, 0.3) is 0 Å². The zero-order valence-corrected chi connectivity index (χ0v) is 6.55. The highest BCUT2D eigenvalue weighted by Gasteiger charge is 2.13. The summed E-state index contributed by atoms with van der Waals surface area (Å²) in [4.78, 5) is 0. The zero-order chi connectivity index (χ0) is 7.40. The van der Waals surface area contributed by atoms with Crippen LogP contribution in [0.5, 0.6) is 0 Å². The summed E-state index contributed by atoms with van der Waals surface area (Å²) in [5.41, 5.74) is 10.8. The Kier molecular flexibility index (Phi) is 3.16. The van der Waals surface area contributed by atoms with E-state index in [1.165, 1.54) is 38.5 Å². The third-order valence-corrected chi connectivity index (χ3v) is 2.02. The third-order valence-electron chi connectivity index (χ3n) is 2.02. The van der Waals surface area contributed by atoms with Crippen LogP contribution in [0.3, 0.4) is 0 Å². The average Bonchev–Trinajstić information content (AvgIpc) is 2.50. The first-order chi connectivity index (χ1) is 4.79. The van der Waals surface area contributed by atoms with Gasteiger partial charge in [0.15, 0.2) is 0 Å². The van der Waals surface area contributed by atoms with Gasteiger partial charge in [-0.1, -0.05) is 12.8 Å². The van der Waals surface area contributed by atoms with Crippen LogP contribution in [-0.4, -0.2) is 12.1 Å². The molecule has 10 heavy (non-hydrogen) atoms. The lowest BCUT2D eigenvalue weighted by Gasteiger charge is -1.92. The topological polar surface area (TPSA) is 52.0 Å². The monoisotopic (exact) mass is 142 g/mol. The minimum Gasteiger partial charge on any atom is -0.328 e. The molecule has 0 aromatic rings. The number of hydrogen-bond acceptors (Lipinski definition) is 2. The summed E-state index contributed by atoms with van der Waals surface area (Å²) < 4.78 is 0. The van der Waals surface area contributed by atoms with Gasteiger partial charge in [0, 0.05) is 12.1 Å². The van der Waals surface area contributed by atoms with Crippen molar-refractivity contribution in [3.8, 4) is 0 Å². The van der Waals surface area contributed by atoms with E-state index < -0.39 is 0 Å². The van der Waals surface area contributed by atoms with E-state index in [1.807, 2.05) is 0 Å². The van der Waals surface area contributed by atoms with Crippen LogP contribution in [-0.2, 0) is 0 Å². The summed E-state index contributed by atoms with van der Waals surface area (Å²) in [7, 11) is 0. The first-order valence-electron chi connectivity index (χ1n) is 4.30. The van der Waals surface area contributed by atoms with Gasteiger partial charge in [-0.3, -0.25) is 0 Å². The van der Waals surface area contributed by atoms with Crippen molar-refractivity contribution in [3.05, 3.63) is 0 Å². The molecule has 0 heterocycles. The summed E-state index contributed by atoms with van der Waals surface area (Å²) in [5.74, 6) is 0. The van der Waals surface area contributed by atoms with Gasteiger partial charge in [0.1, 0.15) is 0 Å². The molecule has 0 unspecified atom stereocenters. The Balaban J connectivity index is 0.000000108. The molecule has 2 fully saturated rings. The molecular weight excluding hydrogens is 124 g/mol. The van der Waals surface area contributed by atoms with Crippen LogP contribution in [0, 0.1) is 0 Å². The average molecular weight is 142 g/mol. The molecule has 2 saturated carbocycles. The fourth-order valence-corrected chi connectivity index (χ4v) is 1.05. The predicted molar refractivity (Wildman–Crippen MR) is 43.7 cm³/mol. The molecule has 2 aliphatic rings. The fourth-order valence-electron chi connectivity index (χ4n) is 1.05. The van der Waals surface area contributed by atoms with Gasteiger partial charge in [-0.2, -0.15) is 0 Å². The first-order valence-corrected chi connectivity index (χ1v) is 4.30. The second kappa shape index (κ2) is 3.94. The van der Waals surface area contributed by atoms with E-state index in [0.717, 1.165) is 0 Å². The molecule has 0 aromatic carbocycles. The Morgan fingerprint density at radius 1 is 0.700 bits per heavy atom. The summed E-state index contributed by atoms with van der Waals surface area (Å²) in [5, 5.41) is 0. The van der Waals surface area contributed by atoms with Crippen molar-refractivity contribution in [1.29, 1.82) is 0 Å². The van der Waals surface area contributed by atoms with Gasteiger partial charge in [0.05, 0.1) is 0 Å². The summed E-state index contributed by atoms with van der Waals surface area (Å²) in [6.45, 7) is 0. The van der Waals surface area contributed by atoms with Crippen LogP contribution in [0.2, 0.25) is 0 Å². The maximum absolute atomic E-state index is 5.53. The lowest BCUT2D eigenvalue weighted by atomic mass is 10.3. The predicted octanol–water partition coefficient (Wildman–Crippen LogP) is 0.995. The molecule has 0 atom stereocenters. The van der Waals surface area contributed by atoms with Crippen molar-refractivity contribution in [1.82, 2.24) is 0 Å². The van der Waals surface area contributed by atoms with Gasteiger partial charge in [0.2, 0.25) is 0 Å². The molecule has 0 amide bonds. The molecule has 0 aliphatic heterocycles. The van der Waals surface area contributed by atoms with Crippen LogP contribution >= 0.6 is 0 Å². The number of rotatable bonds is 0. The Bertz CT molecular complexity index is 83.3. The molecular formula is C8H18N2. The van der Waals surface area contributed by atoms with Crippen LogP contribution in [0.15, 0.2) is 0 Å². The maximum Gasteiger partial charge on any atom is 0.00399 e. The van der Waals surface area contributed by atoms with E-state index in [-0.39, 0.29) is 0 Å². The molecule has 0 saturated heterocycles. The molecule has 0 radical (unpaired) electrons. The van der Waals surface area contributed by atoms with Crippen molar-refractivity contribution in [2.24, 2.45) is 11.5 Å².